The third-order valence-electron chi connectivity index (χ3n) is 3.11. The molecule has 2 rings (SSSR count). The largest absolute Gasteiger partial charge is 0.383 e. The predicted octanol–water partition coefficient (Wildman–Crippen LogP) is 3.75. The van der Waals surface area contributed by atoms with Crippen LogP contribution in [0.2, 0.25) is 0 Å². The molecule has 20 heavy (non-hydrogen) atoms. The summed E-state index contributed by atoms with van der Waals surface area (Å²) in [6.07, 6.45) is 1.75. The third kappa shape index (κ3) is 3.69. The van der Waals surface area contributed by atoms with E-state index in [4.69, 9.17) is 10.7 Å². The Hall–Kier alpha value is -1.17. The second-order valence-electron chi connectivity index (χ2n) is 5.92. The number of hydrogen-bond donors (Lipinski definition) is 1. The molecule has 0 atom stereocenters. The lowest BCUT2D eigenvalue weighted by Gasteiger charge is -2.20. The molecule has 0 saturated heterocycles. The van der Waals surface area contributed by atoms with E-state index in [-0.39, 0.29) is 5.41 Å². The summed E-state index contributed by atoms with van der Waals surface area (Å²) in [6, 6.07) is 10.4. The second kappa shape index (κ2) is 6.08. The van der Waals surface area contributed by atoms with Crippen LogP contribution in [0, 0.1) is 3.57 Å². The van der Waals surface area contributed by atoms with Crippen molar-refractivity contribution >= 4 is 28.4 Å². The van der Waals surface area contributed by atoms with Crippen molar-refractivity contribution < 1.29 is 0 Å². The molecule has 0 saturated carbocycles. The van der Waals surface area contributed by atoms with Crippen molar-refractivity contribution in [1.82, 2.24) is 9.97 Å². The summed E-state index contributed by atoms with van der Waals surface area (Å²) < 4.78 is 0.971. The Morgan fingerprint density at radius 1 is 1.05 bits per heavy atom. The number of nitrogen functional groups attached to an aromatic ring is 1. The molecule has 3 nitrogen and oxygen atoms in total. The minimum absolute atomic E-state index is 0.0188. The first-order valence-corrected chi connectivity index (χ1v) is 7.82. The quantitative estimate of drug-likeness (QED) is 0.824. The van der Waals surface area contributed by atoms with E-state index in [0.717, 1.165) is 27.9 Å². The lowest BCUT2D eigenvalue weighted by molar-refractivity contribution is 0.558. The Morgan fingerprint density at radius 2 is 1.70 bits per heavy atom. The summed E-state index contributed by atoms with van der Waals surface area (Å²) in [7, 11) is 0. The van der Waals surface area contributed by atoms with Crippen LogP contribution >= 0.6 is 22.6 Å². The van der Waals surface area contributed by atoms with E-state index in [1.54, 1.807) is 0 Å². The first-order valence-electron chi connectivity index (χ1n) is 6.74. The van der Waals surface area contributed by atoms with Crippen molar-refractivity contribution in [1.29, 1.82) is 0 Å². The van der Waals surface area contributed by atoms with Gasteiger partial charge in [0.1, 0.15) is 11.6 Å². The van der Waals surface area contributed by atoms with Crippen LogP contribution in [0.15, 0.2) is 30.3 Å². The van der Waals surface area contributed by atoms with Crippen LogP contribution in [-0.4, -0.2) is 9.97 Å². The van der Waals surface area contributed by atoms with Crippen molar-refractivity contribution in [3.05, 3.63) is 51.0 Å². The van der Waals surface area contributed by atoms with E-state index >= 15 is 0 Å². The normalized spacial score (nSPS) is 11.6. The second-order valence-corrected chi connectivity index (χ2v) is 7.00. The lowest BCUT2D eigenvalue weighted by atomic mass is 9.92. The summed E-state index contributed by atoms with van der Waals surface area (Å²) in [5.74, 6) is 1.42. The predicted molar refractivity (Wildman–Crippen MR) is 91.7 cm³/mol. The monoisotopic (exact) mass is 381 g/mol. The van der Waals surface area contributed by atoms with Gasteiger partial charge in [-0.15, -0.1) is 0 Å². The molecule has 0 spiro atoms. The molecule has 106 valence electrons. The van der Waals surface area contributed by atoms with Crippen LogP contribution in [-0.2, 0) is 18.3 Å². The number of rotatable bonds is 3. The first kappa shape index (κ1) is 15.2. The molecule has 0 aliphatic heterocycles. The van der Waals surface area contributed by atoms with Crippen molar-refractivity contribution in [2.75, 3.05) is 5.73 Å². The van der Waals surface area contributed by atoms with Gasteiger partial charge in [0.2, 0.25) is 0 Å². The van der Waals surface area contributed by atoms with Gasteiger partial charge < -0.3 is 5.73 Å². The number of halogens is 1. The van der Waals surface area contributed by atoms with E-state index in [1.165, 1.54) is 5.56 Å². The average Bonchev–Trinajstić information content (AvgIpc) is 2.40. The number of hydrogen-bond acceptors (Lipinski definition) is 3. The van der Waals surface area contributed by atoms with Crippen molar-refractivity contribution in [2.45, 2.75) is 39.0 Å². The smallest absolute Gasteiger partial charge is 0.140 e. The highest BCUT2D eigenvalue weighted by atomic mass is 127. The van der Waals surface area contributed by atoms with E-state index in [0.29, 0.717) is 5.82 Å². The van der Waals surface area contributed by atoms with Gasteiger partial charge in [-0.25, -0.2) is 9.97 Å². The van der Waals surface area contributed by atoms with Crippen LogP contribution in [0.3, 0.4) is 0 Å². The van der Waals surface area contributed by atoms with E-state index in [9.17, 15) is 0 Å². The van der Waals surface area contributed by atoms with Crippen LogP contribution in [0.4, 0.5) is 5.82 Å². The molecule has 0 bridgehead atoms. The summed E-state index contributed by atoms with van der Waals surface area (Å²) in [5.41, 5.74) is 8.34. The summed E-state index contributed by atoms with van der Waals surface area (Å²) in [6.45, 7) is 6.45. The van der Waals surface area contributed by atoms with Gasteiger partial charge in [-0.05, 0) is 34.6 Å². The SMILES string of the molecule is CC(C)(C)c1nc(CCc2ccccc2)nc(N)c1I. The standard InChI is InChI=1S/C16H20IN3/c1-16(2,3)14-13(17)15(18)20-12(19-14)10-9-11-7-5-4-6-8-11/h4-8H,9-10H2,1-3H3,(H2,18,19,20). The van der Waals surface area contributed by atoms with E-state index < -0.39 is 0 Å². The molecule has 0 radical (unpaired) electrons. The molecule has 4 heteroatoms. The maximum Gasteiger partial charge on any atom is 0.140 e. The Bertz CT molecular complexity index is 589. The van der Waals surface area contributed by atoms with Crippen LogP contribution in [0.25, 0.3) is 0 Å². The molecule has 1 aromatic carbocycles. The molecular formula is C16H20IN3. The molecule has 0 aliphatic rings. The minimum atomic E-state index is -0.0188. The van der Waals surface area contributed by atoms with Gasteiger partial charge in [0, 0.05) is 11.8 Å². The minimum Gasteiger partial charge on any atom is -0.383 e. The van der Waals surface area contributed by atoms with Gasteiger partial charge in [-0.2, -0.15) is 0 Å². The zero-order valence-electron chi connectivity index (χ0n) is 12.2. The molecule has 0 aliphatic carbocycles. The number of benzene rings is 1. The van der Waals surface area contributed by atoms with Gasteiger partial charge in [-0.1, -0.05) is 51.1 Å². The molecule has 2 aromatic rings. The van der Waals surface area contributed by atoms with Crippen molar-refractivity contribution in [3.8, 4) is 0 Å². The topological polar surface area (TPSA) is 51.8 Å². The van der Waals surface area contributed by atoms with Gasteiger partial charge in [0.15, 0.2) is 0 Å². The van der Waals surface area contributed by atoms with E-state index in [2.05, 4.69) is 72.6 Å². The van der Waals surface area contributed by atoms with Gasteiger partial charge >= 0.3 is 0 Å². The first-order chi connectivity index (χ1) is 9.38. The Balaban J connectivity index is 2.23. The highest BCUT2D eigenvalue weighted by molar-refractivity contribution is 14.1. The number of aromatic nitrogens is 2. The van der Waals surface area contributed by atoms with Crippen molar-refractivity contribution in [2.24, 2.45) is 0 Å². The highest BCUT2D eigenvalue weighted by Gasteiger charge is 2.22. The maximum absolute atomic E-state index is 6.03. The number of anilines is 1. The molecule has 0 amide bonds. The molecule has 1 aromatic heterocycles. The summed E-state index contributed by atoms with van der Waals surface area (Å²) in [5, 5.41) is 0. The van der Waals surface area contributed by atoms with Crippen LogP contribution in [0.1, 0.15) is 37.9 Å². The molecule has 0 fully saturated rings. The fourth-order valence-electron chi connectivity index (χ4n) is 2.02. The molecule has 2 N–H and O–H groups in total. The van der Waals surface area contributed by atoms with Gasteiger partial charge in [0.05, 0.1) is 9.26 Å². The highest BCUT2D eigenvalue weighted by Crippen LogP contribution is 2.28. The lowest BCUT2D eigenvalue weighted by Crippen LogP contribution is -2.19. The fourth-order valence-corrected chi connectivity index (χ4v) is 3.07. The number of nitrogens with zero attached hydrogens (tertiary/aromatic N) is 2. The number of aryl methyl sites for hydroxylation is 2. The van der Waals surface area contributed by atoms with E-state index in [1.807, 2.05) is 6.07 Å². The fraction of sp³-hybridized carbons (Fsp3) is 0.375. The van der Waals surface area contributed by atoms with Crippen LogP contribution < -0.4 is 5.73 Å². The van der Waals surface area contributed by atoms with Gasteiger partial charge in [-0.3, -0.25) is 0 Å². The molecular weight excluding hydrogens is 361 g/mol. The summed E-state index contributed by atoms with van der Waals surface area (Å²) in [4.78, 5) is 9.14. The number of nitrogens with two attached hydrogens (primary N) is 1. The Labute approximate surface area is 134 Å². The van der Waals surface area contributed by atoms with Gasteiger partial charge in [0.25, 0.3) is 0 Å². The Kier molecular flexibility index (Phi) is 4.62. The zero-order chi connectivity index (χ0) is 14.8. The maximum atomic E-state index is 6.03. The zero-order valence-corrected chi connectivity index (χ0v) is 14.3. The van der Waals surface area contributed by atoms with Crippen LogP contribution in [0.5, 0.6) is 0 Å². The summed E-state index contributed by atoms with van der Waals surface area (Å²) >= 11 is 2.24. The average molecular weight is 381 g/mol. The molecule has 0 unspecified atom stereocenters. The third-order valence-corrected chi connectivity index (χ3v) is 4.18. The Morgan fingerprint density at radius 3 is 2.30 bits per heavy atom. The van der Waals surface area contributed by atoms with Crippen molar-refractivity contribution in [3.63, 3.8) is 0 Å². The molecule has 1 heterocycles.